The van der Waals surface area contributed by atoms with E-state index in [1.165, 1.54) is 24.3 Å². The van der Waals surface area contributed by atoms with E-state index >= 15 is 0 Å². The summed E-state index contributed by atoms with van der Waals surface area (Å²) in [5.74, 6) is -10.6. The zero-order valence-corrected chi connectivity index (χ0v) is 12.1. The van der Waals surface area contributed by atoms with Crippen molar-refractivity contribution in [3.05, 3.63) is 70.3 Å². The molecule has 0 saturated carbocycles. The first-order valence-electron chi connectivity index (χ1n) is 6.55. The molecule has 0 bridgehead atoms. The van der Waals surface area contributed by atoms with E-state index in [1.807, 2.05) is 0 Å². The molecule has 0 atom stereocenters. The van der Waals surface area contributed by atoms with E-state index in [1.54, 1.807) is 11.5 Å². The molecule has 25 heavy (non-hydrogen) atoms. The summed E-state index contributed by atoms with van der Waals surface area (Å²) in [6.07, 6.45) is -5.62. The number of hydrogen-bond acceptors (Lipinski definition) is 3. The molecule has 0 fully saturated rings. The molecular weight excluding hydrogens is 359 g/mol. The number of nitrogens with one attached hydrogen (secondary N) is 1. The van der Waals surface area contributed by atoms with Crippen LogP contribution in [0.1, 0.15) is 21.5 Å². The number of carbonyl (C=O) groups is 1. The summed E-state index contributed by atoms with van der Waals surface area (Å²) in [6, 6.07) is 7.29. The molecule has 1 N–H and O–H groups in total. The lowest BCUT2D eigenvalue weighted by molar-refractivity contribution is -0.143. The van der Waals surface area contributed by atoms with Crippen LogP contribution in [0.2, 0.25) is 0 Å². The fourth-order valence-corrected chi connectivity index (χ4v) is 1.89. The van der Waals surface area contributed by atoms with Crippen molar-refractivity contribution in [2.75, 3.05) is 0 Å². The predicted molar refractivity (Wildman–Crippen MR) is 70.0 cm³/mol. The van der Waals surface area contributed by atoms with Crippen molar-refractivity contribution in [1.82, 2.24) is 5.48 Å². The number of alkyl halides is 3. The monoisotopic (exact) mass is 367 g/mol. The zero-order chi connectivity index (χ0) is 18.8. The smallest absolute Gasteiger partial charge is 0.366 e. The lowest BCUT2D eigenvalue weighted by Crippen LogP contribution is -2.23. The minimum atomic E-state index is -5.62. The topological polar surface area (TPSA) is 38.3 Å². The minimum Gasteiger partial charge on any atom is -0.366 e. The second-order valence-electron chi connectivity index (χ2n) is 4.68. The summed E-state index contributed by atoms with van der Waals surface area (Å²) in [5, 5.41) is 0. The van der Waals surface area contributed by atoms with Gasteiger partial charge in [0.1, 0.15) is 5.56 Å². The van der Waals surface area contributed by atoms with Gasteiger partial charge in [-0.2, -0.15) is 13.2 Å². The first-order valence-corrected chi connectivity index (χ1v) is 6.55. The van der Waals surface area contributed by atoms with Crippen molar-refractivity contribution in [2.24, 2.45) is 0 Å². The van der Waals surface area contributed by atoms with Gasteiger partial charge in [-0.25, -0.2) is 22.4 Å². The Morgan fingerprint density at radius 1 is 0.920 bits per heavy atom. The highest BCUT2D eigenvalue weighted by atomic mass is 19.4. The summed E-state index contributed by atoms with van der Waals surface area (Å²) in [5.41, 5.74) is -2.25. The van der Waals surface area contributed by atoms with Gasteiger partial charge in [0.25, 0.3) is 0 Å². The van der Waals surface area contributed by atoms with Gasteiger partial charge >= 0.3 is 12.1 Å². The van der Waals surface area contributed by atoms with Crippen molar-refractivity contribution in [3.63, 3.8) is 0 Å². The lowest BCUT2D eigenvalue weighted by Gasteiger charge is -2.14. The lowest BCUT2D eigenvalue weighted by atomic mass is 10.1. The maximum atomic E-state index is 13.6. The molecule has 3 nitrogen and oxygen atoms in total. The molecule has 0 unspecified atom stereocenters. The molecule has 0 amide bonds. The second kappa shape index (κ2) is 7.09. The van der Waals surface area contributed by atoms with Crippen molar-refractivity contribution in [3.8, 4) is 0 Å². The largest absolute Gasteiger partial charge is 0.422 e. The van der Waals surface area contributed by atoms with Crippen LogP contribution in [0.25, 0.3) is 0 Å². The Balaban J connectivity index is 2.20. The fourth-order valence-electron chi connectivity index (χ4n) is 1.89. The number of halogens is 7. The van der Waals surface area contributed by atoms with Crippen LogP contribution in [0.15, 0.2) is 30.3 Å². The number of hydroxylamine groups is 1. The Hall–Kier alpha value is -2.62. The Labute approximate surface area is 136 Å². The van der Waals surface area contributed by atoms with Crippen LogP contribution in [0.5, 0.6) is 0 Å². The highest BCUT2D eigenvalue weighted by Crippen LogP contribution is 2.36. The minimum absolute atomic E-state index is 0.0562. The van der Waals surface area contributed by atoms with Gasteiger partial charge < -0.3 is 4.84 Å². The molecule has 0 spiro atoms. The Morgan fingerprint density at radius 3 is 1.92 bits per heavy atom. The third kappa shape index (κ3) is 3.90. The highest BCUT2D eigenvalue weighted by Gasteiger charge is 2.42. The summed E-state index contributed by atoms with van der Waals surface area (Å²) in [6.45, 7) is -1.10. The number of rotatable bonds is 4. The van der Waals surface area contributed by atoms with E-state index < -0.39 is 53.1 Å². The number of carbonyl (C=O) groups excluding carboxylic acids is 1. The van der Waals surface area contributed by atoms with E-state index in [-0.39, 0.29) is 5.56 Å². The van der Waals surface area contributed by atoms with E-state index in [0.29, 0.717) is 0 Å². The van der Waals surface area contributed by atoms with Crippen LogP contribution in [-0.4, -0.2) is 5.97 Å². The average molecular weight is 367 g/mol. The van der Waals surface area contributed by atoms with Gasteiger partial charge in [-0.05, 0) is 12.1 Å². The van der Waals surface area contributed by atoms with E-state index in [9.17, 15) is 35.5 Å². The molecule has 0 saturated heterocycles. The molecule has 2 rings (SSSR count). The highest BCUT2D eigenvalue weighted by molar-refractivity contribution is 5.89. The molecule has 0 radical (unpaired) electrons. The third-order valence-corrected chi connectivity index (χ3v) is 3.06. The predicted octanol–water partition coefficient (Wildman–Crippen LogP) is 4.12. The van der Waals surface area contributed by atoms with Crippen LogP contribution >= 0.6 is 0 Å². The van der Waals surface area contributed by atoms with Crippen LogP contribution in [0.3, 0.4) is 0 Å². The van der Waals surface area contributed by atoms with E-state index in [4.69, 9.17) is 0 Å². The van der Waals surface area contributed by atoms with Crippen molar-refractivity contribution >= 4 is 5.97 Å². The maximum absolute atomic E-state index is 13.6. The standard InChI is InChI=1S/C15H8F7NO2/c16-10-8(6-23-25-14(24)7-4-2-1-3-5-7)11(17)13(19)9(12(10)18)15(20,21)22/h1-5,23H,6H2. The van der Waals surface area contributed by atoms with E-state index in [2.05, 4.69) is 4.84 Å². The van der Waals surface area contributed by atoms with Crippen molar-refractivity contribution in [1.29, 1.82) is 0 Å². The van der Waals surface area contributed by atoms with Gasteiger partial charge in [0.15, 0.2) is 23.3 Å². The van der Waals surface area contributed by atoms with Gasteiger partial charge in [0, 0.05) is 5.56 Å². The summed E-state index contributed by atoms with van der Waals surface area (Å²) in [7, 11) is 0. The second-order valence-corrected chi connectivity index (χ2v) is 4.68. The molecule has 134 valence electrons. The van der Waals surface area contributed by atoms with Crippen molar-refractivity contribution in [2.45, 2.75) is 12.7 Å². The molecule has 0 aliphatic heterocycles. The van der Waals surface area contributed by atoms with Crippen LogP contribution in [0.4, 0.5) is 30.7 Å². The third-order valence-electron chi connectivity index (χ3n) is 3.06. The van der Waals surface area contributed by atoms with Crippen molar-refractivity contribution < 1.29 is 40.4 Å². The Bertz CT molecular complexity index is 762. The van der Waals surface area contributed by atoms with Gasteiger partial charge in [-0.3, -0.25) is 0 Å². The van der Waals surface area contributed by atoms with Gasteiger partial charge in [-0.15, -0.1) is 5.48 Å². The maximum Gasteiger partial charge on any atom is 0.422 e. The number of benzene rings is 2. The normalized spacial score (nSPS) is 11.5. The first kappa shape index (κ1) is 18.7. The Morgan fingerprint density at radius 2 is 1.44 bits per heavy atom. The molecule has 0 aliphatic carbocycles. The van der Waals surface area contributed by atoms with Crippen LogP contribution < -0.4 is 5.48 Å². The summed E-state index contributed by atoms with van der Waals surface area (Å²) >= 11 is 0. The van der Waals surface area contributed by atoms with Gasteiger partial charge in [-0.1, -0.05) is 18.2 Å². The molecule has 2 aromatic rings. The SMILES string of the molecule is O=C(ONCc1c(F)c(F)c(C(F)(F)F)c(F)c1F)c1ccccc1. The molecule has 10 heteroatoms. The van der Waals surface area contributed by atoms with Gasteiger partial charge in [0.05, 0.1) is 12.1 Å². The first-order chi connectivity index (χ1) is 11.6. The van der Waals surface area contributed by atoms with Crippen LogP contribution in [-0.2, 0) is 17.6 Å². The average Bonchev–Trinajstić information content (AvgIpc) is 2.55. The summed E-state index contributed by atoms with van der Waals surface area (Å²) < 4.78 is 91.4. The molecule has 2 aromatic carbocycles. The zero-order valence-electron chi connectivity index (χ0n) is 12.1. The summed E-state index contributed by atoms with van der Waals surface area (Å²) in [4.78, 5) is 16.0. The molecule has 0 aliphatic rings. The van der Waals surface area contributed by atoms with E-state index in [0.717, 1.165) is 0 Å². The Kier molecular flexibility index (Phi) is 5.31. The molecule has 0 heterocycles. The van der Waals surface area contributed by atoms with Gasteiger partial charge in [0.2, 0.25) is 0 Å². The van der Waals surface area contributed by atoms with Crippen LogP contribution in [0, 0.1) is 23.3 Å². The quantitative estimate of drug-likeness (QED) is 0.502. The molecule has 0 aromatic heterocycles. The number of hydrogen-bond donors (Lipinski definition) is 1. The molecular formula is C15H8F7NO2. The fraction of sp³-hybridized carbons (Fsp3) is 0.133.